The predicted molar refractivity (Wildman–Crippen MR) is 87.5 cm³/mol. The second kappa shape index (κ2) is 5.67. The quantitative estimate of drug-likeness (QED) is 0.736. The topological polar surface area (TPSA) is 29.0 Å². The molecule has 4 rings (SSSR count). The fourth-order valence-electron chi connectivity index (χ4n) is 2.66. The first-order valence-corrected chi connectivity index (χ1v) is 8.83. The van der Waals surface area contributed by atoms with Gasteiger partial charge in [-0.2, -0.15) is 11.3 Å². The van der Waals surface area contributed by atoms with Gasteiger partial charge in [-0.3, -0.25) is 4.90 Å². The zero-order chi connectivity index (χ0) is 14.1. The molecule has 3 aromatic rings. The average molecular weight is 313 g/mol. The molecule has 0 spiro atoms. The summed E-state index contributed by atoms with van der Waals surface area (Å²) in [5.41, 5.74) is 3.89. The van der Waals surface area contributed by atoms with E-state index >= 15 is 0 Å². The first-order chi connectivity index (χ1) is 10.4. The van der Waals surface area contributed by atoms with Gasteiger partial charge in [-0.15, -0.1) is 11.3 Å². The van der Waals surface area contributed by atoms with Gasteiger partial charge in [0.15, 0.2) is 5.82 Å². The molecule has 0 atom stereocenters. The second-order valence-electron chi connectivity index (χ2n) is 5.24. The van der Waals surface area contributed by atoms with Crippen LogP contribution in [0.25, 0.3) is 10.7 Å². The number of thiophene rings is 2. The summed E-state index contributed by atoms with van der Waals surface area (Å²) in [6.45, 7) is 3.03. The summed E-state index contributed by atoms with van der Waals surface area (Å²) in [5.74, 6) is 0.862. The van der Waals surface area contributed by atoms with Crippen molar-refractivity contribution >= 4 is 22.7 Å². The molecule has 0 fully saturated rings. The lowest BCUT2D eigenvalue weighted by Crippen LogP contribution is -2.30. The van der Waals surface area contributed by atoms with E-state index < -0.39 is 0 Å². The molecule has 0 bridgehead atoms. The number of nitrogens with zero attached hydrogens (tertiary/aromatic N) is 3. The first-order valence-electron chi connectivity index (χ1n) is 7.00. The number of hydrogen-bond donors (Lipinski definition) is 0. The Morgan fingerprint density at radius 1 is 1.24 bits per heavy atom. The maximum atomic E-state index is 4.80. The van der Waals surface area contributed by atoms with E-state index in [-0.39, 0.29) is 0 Å². The summed E-state index contributed by atoms with van der Waals surface area (Å²) < 4.78 is 0. The Morgan fingerprint density at radius 2 is 2.24 bits per heavy atom. The molecule has 4 heterocycles. The lowest BCUT2D eigenvalue weighted by molar-refractivity contribution is 0.241. The second-order valence-corrected chi connectivity index (χ2v) is 6.96. The van der Waals surface area contributed by atoms with Gasteiger partial charge in [-0.05, 0) is 45.8 Å². The van der Waals surface area contributed by atoms with Crippen molar-refractivity contribution < 1.29 is 0 Å². The number of aromatic nitrogens is 2. The minimum absolute atomic E-state index is 0.862. The molecule has 0 saturated heterocycles. The van der Waals surface area contributed by atoms with Crippen molar-refractivity contribution in [3.8, 4) is 10.7 Å². The molecule has 5 heteroatoms. The highest BCUT2D eigenvalue weighted by Gasteiger charge is 2.19. The van der Waals surface area contributed by atoms with E-state index in [1.54, 1.807) is 22.7 Å². The summed E-state index contributed by atoms with van der Waals surface area (Å²) in [6, 6.07) is 6.33. The maximum absolute atomic E-state index is 4.80. The molecule has 3 aromatic heterocycles. The van der Waals surface area contributed by atoms with Crippen molar-refractivity contribution in [3.63, 3.8) is 0 Å². The van der Waals surface area contributed by atoms with Crippen LogP contribution >= 0.6 is 22.7 Å². The molecule has 0 aliphatic carbocycles. The van der Waals surface area contributed by atoms with Crippen LogP contribution in [-0.2, 0) is 19.5 Å². The van der Waals surface area contributed by atoms with E-state index in [0.717, 1.165) is 36.8 Å². The Labute approximate surface area is 131 Å². The van der Waals surface area contributed by atoms with Crippen LogP contribution in [0.2, 0.25) is 0 Å². The third-order valence-electron chi connectivity index (χ3n) is 3.75. The molecular weight excluding hydrogens is 298 g/mol. The van der Waals surface area contributed by atoms with E-state index in [1.807, 2.05) is 12.3 Å². The van der Waals surface area contributed by atoms with Gasteiger partial charge in [0.1, 0.15) is 0 Å². The predicted octanol–water partition coefficient (Wildman–Crippen LogP) is 3.82. The van der Waals surface area contributed by atoms with Gasteiger partial charge in [0.05, 0.1) is 10.6 Å². The Balaban J connectivity index is 1.57. The highest BCUT2D eigenvalue weighted by atomic mass is 32.1. The highest BCUT2D eigenvalue weighted by Crippen LogP contribution is 2.24. The lowest BCUT2D eigenvalue weighted by atomic mass is 10.1. The van der Waals surface area contributed by atoms with Crippen LogP contribution in [0, 0.1) is 0 Å². The van der Waals surface area contributed by atoms with Crippen LogP contribution in [0.3, 0.4) is 0 Å². The minimum Gasteiger partial charge on any atom is -0.293 e. The Kier molecular flexibility index (Phi) is 3.55. The van der Waals surface area contributed by atoms with Crippen LogP contribution in [0.5, 0.6) is 0 Å². The Bertz CT molecular complexity index is 720. The van der Waals surface area contributed by atoms with Crippen molar-refractivity contribution in [2.45, 2.75) is 19.5 Å². The molecule has 1 aliphatic heterocycles. The van der Waals surface area contributed by atoms with Crippen LogP contribution in [0.1, 0.15) is 16.8 Å². The summed E-state index contributed by atoms with van der Waals surface area (Å²) in [5, 5.41) is 6.44. The fraction of sp³-hybridized carbons (Fsp3) is 0.250. The molecule has 0 N–H and O–H groups in total. The molecule has 0 aromatic carbocycles. The van der Waals surface area contributed by atoms with Gasteiger partial charge in [-0.1, -0.05) is 6.07 Å². The van der Waals surface area contributed by atoms with E-state index in [2.05, 4.69) is 38.2 Å². The summed E-state index contributed by atoms with van der Waals surface area (Å²) in [7, 11) is 0. The smallest absolute Gasteiger partial charge is 0.169 e. The Morgan fingerprint density at radius 3 is 3.05 bits per heavy atom. The van der Waals surface area contributed by atoms with Crippen LogP contribution in [-0.4, -0.2) is 21.4 Å². The summed E-state index contributed by atoms with van der Waals surface area (Å²) in [4.78, 5) is 12.9. The van der Waals surface area contributed by atoms with Gasteiger partial charge >= 0.3 is 0 Å². The fourth-order valence-corrected chi connectivity index (χ4v) is 3.98. The third-order valence-corrected chi connectivity index (χ3v) is 5.35. The van der Waals surface area contributed by atoms with Gasteiger partial charge < -0.3 is 0 Å². The SMILES string of the molecule is c1csc(-c2ncc3c(n2)CN(Cc2ccsc2)CC3)c1. The van der Waals surface area contributed by atoms with Gasteiger partial charge in [0.2, 0.25) is 0 Å². The first kappa shape index (κ1) is 13.1. The Hall–Kier alpha value is -1.56. The number of fused-ring (bicyclic) bond motifs is 1. The van der Waals surface area contributed by atoms with E-state index in [9.17, 15) is 0 Å². The van der Waals surface area contributed by atoms with Crippen molar-refractivity contribution in [3.05, 3.63) is 57.4 Å². The van der Waals surface area contributed by atoms with Crippen molar-refractivity contribution in [1.29, 1.82) is 0 Å². The van der Waals surface area contributed by atoms with E-state index in [1.165, 1.54) is 16.8 Å². The molecule has 0 saturated carbocycles. The van der Waals surface area contributed by atoms with E-state index in [0.29, 0.717) is 0 Å². The van der Waals surface area contributed by atoms with Gasteiger partial charge in [-0.25, -0.2) is 9.97 Å². The standard InChI is InChI=1S/C16H15N3S2/c1-2-15(21-6-1)16-17-8-13-3-5-19(10-14(13)18-16)9-12-4-7-20-11-12/h1-2,4,6-8,11H,3,5,9-10H2. The molecule has 0 amide bonds. The molecule has 0 unspecified atom stereocenters. The van der Waals surface area contributed by atoms with E-state index in [4.69, 9.17) is 4.98 Å². The largest absolute Gasteiger partial charge is 0.293 e. The lowest BCUT2D eigenvalue weighted by Gasteiger charge is -2.27. The molecule has 106 valence electrons. The summed E-state index contributed by atoms with van der Waals surface area (Å²) in [6.07, 6.45) is 3.06. The summed E-state index contributed by atoms with van der Waals surface area (Å²) >= 11 is 3.46. The molecule has 1 aliphatic rings. The van der Waals surface area contributed by atoms with Crippen LogP contribution in [0.4, 0.5) is 0 Å². The molecule has 21 heavy (non-hydrogen) atoms. The van der Waals surface area contributed by atoms with Crippen LogP contribution in [0.15, 0.2) is 40.5 Å². The van der Waals surface area contributed by atoms with Crippen LogP contribution < -0.4 is 0 Å². The number of hydrogen-bond acceptors (Lipinski definition) is 5. The van der Waals surface area contributed by atoms with Crippen molar-refractivity contribution in [2.75, 3.05) is 6.54 Å². The third kappa shape index (κ3) is 2.77. The monoisotopic (exact) mass is 313 g/mol. The normalized spacial score (nSPS) is 15.0. The maximum Gasteiger partial charge on any atom is 0.169 e. The minimum atomic E-state index is 0.862. The van der Waals surface area contributed by atoms with Gasteiger partial charge in [0, 0.05) is 25.8 Å². The van der Waals surface area contributed by atoms with Gasteiger partial charge in [0.25, 0.3) is 0 Å². The molecular formula is C16H15N3S2. The highest BCUT2D eigenvalue weighted by molar-refractivity contribution is 7.13. The zero-order valence-corrected chi connectivity index (χ0v) is 13.2. The van der Waals surface area contributed by atoms with Crippen molar-refractivity contribution in [1.82, 2.24) is 14.9 Å². The van der Waals surface area contributed by atoms with Crippen molar-refractivity contribution in [2.24, 2.45) is 0 Å². The molecule has 3 nitrogen and oxygen atoms in total. The molecule has 0 radical (unpaired) electrons. The number of rotatable bonds is 3. The zero-order valence-electron chi connectivity index (χ0n) is 11.5. The average Bonchev–Trinajstić information content (AvgIpc) is 3.20.